The fourth-order valence-electron chi connectivity index (χ4n) is 2.30. The van der Waals surface area contributed by atoms with Gasteiger partial charge in [-0.2, -0.15) is 0 Å². The second-order valence-electron chi connectivity index (χ2n) is 5.27. The quantitative estimate of drug-likeness (QED) is 0.904. The average Bonchev–Trinajstić information content (AvgIpc) is 2.39. The Morgan fingerprint density at radius 3 is 2.84 bits per heavy atom. The van der Waals surface area contributed by atoms with Crippen molar-refractivity contribution < 1.29 is 14.3 Å². The normalized spacial score (nSPS) is 19.4. The van der Waals surface area contributed by atoms with E-state index in [1.807, 2.05) is 12.1 Å². The summed E-state index contributed by atoms with van der Waals surface area (Å²) >= 11 is 0. The van der Waals surface area contributed by atoms with Gasteiger partial charge in [-0.25, -0.2) is 0 Å². The van der Waals surface area contributed by atoms with Crippen molar-refractivity contribution >= 4 is 5.91 Å². The maximum Gasteiger partial charge on any atom is 0.246 e. The van der Waals surface area contributed by atoms with E-state index in [1.54, 1.807) is 7.11 Å². The number of morpholine rings is 1. The Hall–Kier alpha value is -1.55. The summed E-state index contributed by atoms with van der Waals surface area (Å²) in [5, 5.41) is 2.82. The third-order valence-corrected chi connectivity index (χ3v) is 3.20. The number of nitrogens with one attached hydrogen (secondary N) is 1. The van der Waals surface area contributed by atoms with Gasteiger partial charge in [-0.1, -0.05) is 19.9 Å². The molecule has 0 aromatic heterocycles. The van der Waals surface area contributed by atoms with Gasteiger partial charge in [-0.3, -0.25) is 4.79 Å². The SMILES string of the molecule is COc1ccc(C2CNC(=O)CO2)cc1CC(C)C. The standard InChI is InChI=1S/C15H21NO3/c1-10(2)6-12-7-11(4-5-13(12)18-3)14-8-16-15(17)9-19-14/h4-5,7,10,14H,6,8-9H2,1-3H3,(H,16,17). The fourth-order valence-corrected chi connectivity index (χ4v) is 2.30. The molecular weight excluding hydrogens is 242 g/mol. The molecule has 0 saturated carbocycles. The number of carbonyl (C=O) groups is 1. The van der Waals surface area contributed by atoms with Crippen LogP contribution in [0.25, 0.3) is 0 Å². The van der Waals surface area contributed by atoms with Crippen LogP contribution in [0.3, 0.4) is 0 Å². The van der Waals surface area contributed by atoms with Crippen LogP contribution < -0.4 is 10.1 Å². The van der Waals surface area contributed by atoms with Crippen LogP contribution in [0.15, 0.2) is 18.2 Å². The number of ether oxygens (including phenoxy) is 2. The minimum Gasteiger partial charge on any atom is -0.496 e. The maximum atomic E-state index is 11.1. The lowest BCUT2D eigenvalue weighted by atomic mass is 9.97. The number of rotatable bonds is 4. The lowest BCUT2D eigenvalue weighted by Gasteiger charge is -2.24. The van der Waals surface area contributed by atoms with E-state index in [2.05, 4.69) is 25.2 Å². The molecule has 0 radical (unpaired) electrons. The highest BCUT2D eigenvalue weighted by atomic mass is 16.5. The first-order chi connectivity index (χ1) is 9.10. The Kier molecular flexibility index (Phi) is 4.43. The summed E-state index contributed by atoms with van der Waals surface area (Å²) in [4.78, 5) is 11.1. The fraction of sp³-hybridized carbons (Fsp3) is 0.533. The number of amides is 1. The van der Waals surface area contributed by atoms with Crippen LogP contribution in [0.1, 0.15) is 31.1 Å². The molecule has 104 valence electrons. The van der Waals surface area contributed by atoms with Crippen LogP contribution >= 0.6 is 0 Å². The van der Waals surface area contributed by atoms with Crippen LogP contribution in [0, 0.1) is 5.92 Å². The summed E-state index contributed by atoms with van der Waals surface area (Å²) in [6, 6.07) is 6.11. The highest BCUT2D eigenvalue weighted by Crippen LogP contribution is 2.27. The molecule has 0 spiro atoms. The topological polar surface area (TPSA) is 47.6 Å². The molecular formula is C15H21NO3. The van der Waals surface area contributed by atoms with E-state index >= 15 is 0 Å². The maximum absolute atomic E-state index is 11.1. The lowest BCUT2D eigenvalue weighted by Crippen LogP contribution is -2.38. The predicted octanol–water partition coefficient (Wildman–Crippen LogP) is 2.08. The second-order valence-corrected chi connectivity index (χ2v) is 5.27. The van der Waals surface area contributed by atoms with Gasteiger partial charge < -0.3 is 14.8 Å². The van der Waals surface area contributed by atoms with Crippen LogP contribution in [0.4, 0.5) is 0 Å². The van der Waals surface area contributed by atoms with Gasteiger partial charge in [0, 0.05) is 6.54 Å². The van der Waals surface area contributed by atoms with Crippen LogP contribution in [-0.2, 0) is 16.0 Å². The summed E-state index contributed by atoms with van der Waals surface area (Å²) in [5.41, 5.74) is 2.28. The van der Waals surface area contributed by atoms with Crippen molar-refractivity contribution in [2.45, 2.75) is 26.4 Å². The summed E-state index contributed by atoms with van der Waals surface area (Å²) in [6.07, 6.45) is 0.908. The van der Waals surface area contributed by atoms with E-state index in [4.69, 9.17) is 9.47 Å². The van der Waals surface area contributed by atoms with E-state index in [0.717, 1.165) is 17.7 Å². The van der Waals surface area contributed by atoms with Gasteiger partial charge in [0.15, 0.2) is 0 Å². The largest absolute Gasteiger partial charge is 0.496 e. The van der Waals surface area contributed by atoms with E-state index in [-0.39, 0.29) is 18.6 Å². The number of hydrogen-bond donors (Lipinski definition) is 1. The molecule has 4 nitrogen and oxygen atoms in total. The van der Waals surface area contributed by atoms with Crippen molar-refractivity contribution in [3.8, 4) is 5.75 Å². The first kappa shape index (κ1) is 13.9. The van der Waals surface area contributed by atoms with Gasteiger partial charge in [0.25, 0.3) is 0 Å². The van der Waals surface area contributed by atoms with Crippen molar-refractivity contribution in [3.05, 3.63) is 29.3 Å². The predicted molar refractivity (Wildman–Crippen MR) is 73.2 cm³/mol. The van der Waals surface area contributed by atoms with Crippen molar-refractivity contribution in [1.29, 1.82) is 0 Å². The molecule has 1 aliphatic heterocycles. The van der Waals surface area contributed by atoms with Crippen molar-refractivity contribution in [1.82, 2.24) is 5.32 Å². The molecule has 4 heteroatoms. The minimum absolute atomic E-state index is 0.0489. The number of methoxy groups -OCH3 is 1. The molecule has 1 atom stereocenters. The van der Waals surface area contributed by atoms with Crippen LogP contribution in [-0.4, -0.2) is 26.2 Å². The van der Waals surface area contributed by atoms with E-state index in [9.17, 15) is 4.79 Å². The highest BCUT2D eigenvalue weighted by molar-refractivity contribution is 5.77. The second kappa shape index (κ2) is 6.06. The monoisotopic (exact) mass is 263 g/mol. The molecule has 1 saturated heterocycles. The molecule has 0 aliphatic carbocycles. The summed E-state index contributed by atoms with van der Waals surface area (Å²) in [6.45, 7) is 5.04. The molecule has 1 N–H and O–H groups in total. The van der Waals surface area contributed by atoms with E-state index in [1.165, 1.54) is 5.56 Å². The van der Waals surface area contributed by atoms with Crippen molar-refractivity contribution in [2.24, 2.45) is 5.92 Å². The molecule has 1 unspecified atom stereocenters. The Morgan fingerprint density at radius 2 is 2.26 bits per heavy atom. The van der Waals surface area contributed by atoms with Gasteiger partial charge in [0.2, 0.25) is 5.91 Å². The Labute approximate surface area is 114 Å². The molecule has 0 bridgehead atoms. The third kappa shape index (κ3) is 3.47. The first-order valence-electron chi connectivity index (χ1n) is 6.65. The minimum atomic E-state index is -0.0606. The number of carbonyl (C=O) groups excluding carboxylic acids is 1. The Bertz CT molecular complexity index is 447. The van der Waals surface area contributed by atoms with E-state index in [0.29, 0.717) is 12.5 Å². The van der Waals surface area contributed by atoms with Gasteiger partial charge in [0.1, 0.15) is 18.5 Å². The number of benzene rings is 1. The zero-order chi connectivity index (χ0) is 13.8. The first-order valence-corrected chi connectivity index (χ1v) is 6.65. The van der Waals surface area contributed by atoms with Gasteiger partial charge in [0.05, 0.1) is 7.11 Å². The summed E-state index contributed by atoms with van der Waals surface area (Å²) < 4.78 is 11.0. The Balaban J connectivity index is 2.19. The van der Waals surface area contributed by atoms with Crippen molar-refractivity contribution in [3.63, 3.8) is 0 Å². The van der Waals surface area contributed by atoms with Gasteiger partial charge >= 0.3 is 0 Å². The summed E-state index contributed by atoms with van der Waals surface area (Å²) in [5.74, 6) is 1.43. The number of hydrogen-bond acceptors (Lipinski definition) is 3. The summed E-state index contributed by atoms with van der Waals surface area (Å²) in [7, 11) is 1.69. The van der Waals surface area contributed by atoms with E-state index < -0.39 is 0 Å². The zero-order valence-corrected chi connectivity index (χ0v) is 11.7. The molecule has 1 amide bonds. The Morgan fingerprint density at radius 1 is 1.47 bits per heavy atom. The van der Waals surface area contributed by atoms with Crippen LogP contribution in [0.5, 0.6) is 5.75 Å². The molecule has 1 aromatic rings. The van der Waals surface area contributed by atoms with Gasteiger partial charge in [-0.15, -0.1) is 0 Å². The van der Waals surface area contributed by atoms with Crippen LogP contribution in [0.2, 0.25) is 0 Å². The smallest absolute Gasteiger partial charge is 0.246 e. The molecule has 19 heavy (non-hydrogen) atoms. The lowest BCUT2D eigenvalue weighted by molar-refractivity contribution is -0.133. The zero-order valence-electron chi connectivity index (χ0n) is 11.7. The molecule has 2 rings (SSSR count). The molecule has 1 aromatic carbocycles. The average molecular weight is 263 g/mol. The molecule has 1 heterocycles. The highest BCUT2D eigenvalue weighted by Gasteiger charge is 2.21. The molecule has 1 aliphatic rings. The van der Waals surface area contributed by atoms with Gasteiger partial charge in [-0.05, 0) is 35.6 Å². The molecule has 1 fully saturated rings. The third-order valence-electron chi connectivity index (χ3n) is 3.20. The van der Waals surface area contributed by atoms with Crippen molar-refractivity contribution in [2.75, 3.05) is 20.3 Å².